The third-order valence-corrected chi connectivity index (χ3v) is 5.79. The average Bonchev–Trinajstić information content (AvgIpc) is 2.84. The monoisotopic (exact) mass is 497 g/mol. The number of aliphatic hydroxyl groups excluding tert-OH is 1. The van der Waals surface area contributed by atoms with Crippen molar-refractivity contribution in [3.05, 3.63) is 71.1 Å². The van der Waals surface area contributed by atoms with Gasteiger partial charge in [-0.1, -0.05) is 6.07 Å². The van der Waals surface area contributed by atoms with Crippen LogP contribution in [0, 0.1) is 18.6 Å². The third-order valence-electron chi connectivity index (χ3n) is 5.79. The van der Waals surface area contributed by atoms with Crippen molar-refractivity contribution < 1.29 is 28.2 Å². The minimum Gasteiger partial charge on any atom is -0.382 e. The van der Waals surface area contributed by atoms with E-state index in [1.165, 1.54) is 6.20 Å². The van der Waals surface area contributed by atoms with E-state index in [-0.39, 0.29) is 23.1 Å². The summed E-state index contributed by atoms with van der Waals surface area (Å²) in [7, 11) is 0. The molecule has 5 N–H and O–H groups in total. The number of rotatable bonds is 6. The number of benzene rings is 2. The smallest absolute Gasteiger partial charge is 0.273 e. The van der Waals surface area contributed by atoms with Gasteiger partial charge in [0.25, 0.3) is 11.8 Å². The molecule has 0 aliphatic carbocycles. The van der Waals surface area contributed by atoms with E-state index in [2.05, 4.69) is 20.6 Å². The Morgan fingerprint density at radius 2 is 1.83 bits per heavy atom. The van der Waals surface area contributed by atoms with E-state index in [1.54, 1.807) is 25.1 Å². The summed E-state index contributed by atoms with van der Waals surface area (Å²) in [5.41, 5.74) is 7.81. The van der Waals surface area contributed by atoms with Crippen LogP contribution in [-0.2, 0) is 9.53 Å². The molecule has 9 nitrogen and oxygen atoms in total. The first-order chi connectivity index (χ1) is 17.2. The van der Waals surface area contributed by atoms with Crippen LogP contribution < -0.4 is 16.4 Å². The number of carbonyl (C=O) groups is 2. The van der Waals surface area contributed by atoms with Crippen LogP contribution in [0.2, 0.25) is 0 Å². The van der Waals surface area contributed by atoms with E-state index < -0.39 is 29.6 Å². The Balaban J connectivity index is 1.50. The zero-order chi connectivity index (χ0) is 25.8. The highest BCUT2D eigenvalue weighted by Crippen LogP contribution is 2.26. The van der Waals surface area contributed by atoms with Crippen molar-refractivity contribution in [2.45, 2.75) is 31.9 Å². The van der Waals surface area contributed by atoms with Gasteiger partial charge < -0.3 is 26.2 Å². The maximum absolute atomic E-state index is 13.4. The first kappa shape index (κ1) is 25.1. The van der Waals surface area contributed by atoms with E-state index in [9.17, 15) is 23.5 Å². The van der Waals surface area contributed by atoms with Gasteiger partial charge in [0.2, 0.25) is 0 Å². The Labute approximate surface area is 205 Å². The number of anilines is 2. The zero-order valence-electron chi connectivity index (χ0n) is 19.4. The number of nitrogens with one attached hydrogen (secondary N) is 2. The Morgan fingerprint density at radius 3 is 2.50 bits per heavy atom. The number of amides is 2. The summed E-state index contributed by atoms with van der Waals surface area (Å²) in [6.07, 6.45) is 1.08. The number of aliphatic hydroxyl groups is 1. The lowest BCUT2D eigenvalue weighted by Gasteiger charge is -2.23. The number of nitrogen functional groups attached to an aromatic ring is 1. The molecule has 3 aromatic rings. The van der Waals surface area contributed by atoms with Crippen LogP contribution >= 0.6 is 0 Å². The van der Waals surface area contributed by atoms with Crippen LogP contribution in [0.1, 0.15) is 40.6 Å². The van der Waals surface area contributed by atoms with Gasteiger partial charge in [-0.3, -0.25) is 9.59 Å². The van der Waals surface area contributed by atoms with Crippen molar-refractivity contribution in [1.82, 2.24) is 15.3 Å². The number of nitrogens with two attached hydrogens (primary N) is 1. The molecule has 1 aromatic heterocycles. The van der Waals surface area contributed by atoms with Crippen molar-refractivity contribution >= 4 is 23.3 Å². The predicted octanol–water partition coefficient (Wildman–Crippen LogP) is 2.89. The molecule has 0 spiro atoms. The summed E-state index contributed by atoms with van der Waals surface area (Å²) in [6, 6.07) is 7.26. The number of hydrogen-bond donors (Lipinski definition) is 4. The fourth-order valence-corrected chi connectivity index (χ4v) is 3.91. The van der Waals surface area contributed by atoms with E-state index in [1.807, 2.05) is 0 Å². The molecule has 2 amide bonds. The van der Waals surface area contributed by atoms with Crippen molar-refractivity contribution in [3.63, 3.8) is 0 Å². The Hall–Kier alpha value is -3.96. The maximum atomic E-state index is 13.4. The fraction of sp³-hybridized carbons (Fsp3) is 0.280. The minimum atomic E-state index is -1.77. The van der Waals surface area contributed by atoms with E-state index >= 15 is 0 Å². The summed E-state index contributed by atoms with van der Waals surface area (Å²) < 4.78 is 32.2. The zero-order valence-corrected chi connectivity index (χ0v) is 19.4. The normalized spacial score (nSPS) is 14.8. The molecule has 1 atom stereocenters. The SMILES string of the molecule is Cc1cc(NC(=O)C(O)c2cc(F)cc(F)c2)ccc1-c1cnc(N)c(C(=O)NC2CCOCC2)n1. The molecule has 1 unspecified atom stereocenters. The van der Waals surface area contributed by atoms with E-state index in [0.29, 0.717) is 54.6 Å². The van der Waals surface area contributed by atoms with Gasteiger partial charge in [-0.2, -0.15) is 0 Å². The van der Waals surface area contributed by atoms with Crippen LogP contribution in [0.15, 0.2) is 42.6 Å². The fourth-order valence-electron chi connectivity index (χ4n) is 3.91. The average molecular weight is 498 g/mol. The van der Waals surface area contributed by atoms with Gasteiger partial charge in [0, 0.05) is 36.6 Å². The van der Waals surface area contributed by atoms with Gasteiger partial charge in [0.1, 0.15) is 11.6 Å². The number of halogens is 2. The summed E-state index contributed by atoms with van der Waals surface area (Å²) in [5.74, 6) is -3.07. The maximum Gasteiger partial charge on any atom is 0.273 e. The number of aryl methyl sites for hydroxylation is 1. The molecular weight excluding hydrogens is 472 g/mol. The van der Waals surface area contributed by atoms with Gasteiger partial charge in [-0.05, 0) is 55.2 Å². The lowest BCUT2D eigenvalue weighted by Crippen LogP contribution is -2.39. The van der Waals surface area contributed by atoms with Crippen molar-refractivity contribution in [3.8, 4) is 11.3 Å². The molecule has 188 valence electrons. The number of aromatic nitrogens is 2. The van der Waals surface area contributed by atoms with Gasteiger partial charge in [0.05, 0.1) is 11.9 Å². The van der Waals surface area contributed by atoms with E-state index in [4.69, 9.17) is 10.5 Å². The Bertz CT molecular complexity index is 1280. The molecule has 1 aliphatic rings. The summed E-state index contributed by atoms with van der Waals surface area (Å²) in [5, 5.41) is 15.6. The highest BCUT2D eigenvalue weighted by molar-refractivity contribution is 5.97. The highest BCUT2D eigenvalue weighted by atomic mass is 19.1. The van der Waals surface area contributed by atoms with Gasteiger partial charge >= 0.3 is 0 Å². The van der Waals surface area contributed by atoms with Crippen LogP contribution in [-0.4, -0.2) is 46.1 Å². The molecule has 1 aliphatic heterocycles. The number of ether oxygens (including phenoxy) is 1. The van der Waals surface area contributed by atoms with Gasteiger partial charge in [0.15, 0.2) is 17.6 Å². The van der Waals surface area contributed by atoms with Crippen LogP contribution in [0.4, 0.5) is 20.3 Å². The summed E-state index contributed by atoms with van der Waals surface area (Å²) in [6.45, 7) is 2.91. The molecule has 11 heteroatoms. The molecular formula is C25H25F2N5O4. The van der Waals surface area contributed by atoms with Crippen molar-refractivity contribution in [1.29, 1.82) is 0 Å². The van der Waals surface area contributed by atoms with Crippen LogP contribution in [0.5, 0.6) is 0 Å². The molecule has 36 heavy (non-hydrogen) atoms. The first-order valence-electron chi connectivity index (χ1n) is 11.3. The molecule has 2 heterocycles. The minimum absolute atomic E-state index is 0.00705. The van der Waals surface area contributed by atoms with Crippen LogP contribution in [0.25, 0.3) is 11.3 Å². The van der Waals surface area contributed by atoms with Gasteiger partial charge in [-0.25, -0.2) is 18.7 Å². The second kappa shape index (κ2) is 10.8. The molecule has 0 bridgehead atoms. The summed E-state index contributed by atoms with van der Waals surface area (Å²) in [4.78, 5) is 33.7. The van der Waals surface area contributed by atoms with Gasteiger partial charge in [-0.15, -0.1) is 0 Å². The number of carbonyl (C=O) groups excluding carboxylic acids is 2. The van der Waals surface area contributed by atoms with Crippen molar-refractivity contribution in [2.75, 3.05) is 24.3 Å². The lowest BCUT2D eigenvalue weighted by atomic mass is 10.0. The largest absolute Gasteiger partial charge is 0.382 e. The Morgan fingerprint density at radius 1 is 1.14 bits per heavy atom. The molecule has 2 aromatic carbocycles. The molecule has 1 saturated heterocycles. The highest BCUT2D eigenvalue weighted by Gasteiger charge is 2.22. The molecule has 1 fully saturated rings. The Kier molecular flexibility index (Phi) is 7.51. The predicted molar refractivity (Wildman–Crippen MR) is 128 cm³/mol. The van der Waals surface area contributed by atoms with Crippen LogP contribution in [0.3, 0.4) is 0 Å². The first-order valence-corrected chi connectivity index (χ1v) is 11.3. The topological polar surface area (TPSA) is 139 Å². The standard InChI is InChI=1S/C25H25F2N5O4/c1-13-8-18(31-25(35)22(33)14-9-15(26)11-16(27)10-14)2-3-19(13)20-12-29-23(28)21(32-20)24(34)30-17-4-6-36-7-5-17/h2-3,8-12,17,22,33H,4-7H2,1H3,(H2,28,29)(H,30,34)(H,31,35). The molecule has 0 saturated carbocycles. The second-order valence-electron chi connectivity index (χ2n) is 8.47. The molecule has 4 rings (SSSR count). The number of nitrogens with zero attached hydrogens (tertiary/aromatic N) is 2. The number of hydrogen-bond acceptors (Lipinski definition) is 7. The third kappa shape index (κ3) is 5.81. The van der Waals surface area contributed by atoms with E-state index in [0.717, 1.165) is 12.1 Å². The quantitative estimate of drug-likeness (QED) is 0.411. The van der Waals surface area contributed by atoms with Crippen molar-refractivity contribution in [2.24, 2.45) is 0 Å². The second-order valence-corrected chi connectivity index (χ2v) is 8.47. The lowest BCUT2D eigenvalue weighted by molar-refractivity contribution is -0.124. The summed E-state index contributed by atoms with van der Waals surface area (Å²) >= 11 is 0. The molecule has 0 radical (unpaired) electrons.